The number of hydrogen-bond donors (Lipinski definition) is 1. The molecule has 0 aromatic heterocycles. The van der Waals surface area contributed by atoms with Gasteiger partial charge in [0.2, 0.25) is 0 Å². The highest BCUT2D eigenvalue weighted by Gasteiger charge is 2.46. The highest BCUT2D eigenvalue weighted by atomic mass is 16.5. The largest absolute Gasteiger partial charge is 0.450 e. The third kappa shape index (κ3) is 5.09. The molecule has 1 aliphatic carbocycles. The molecule has 1 unspecified atom stereocenters. The second-order valence-electron chi connectivity index (χ2n) is 6.04. The second-order valence-corrected chi connectivity index (χ2v) is 6.04. The molecule has 0 saturated heterocycles. The normalized spacial score (nSPS) is 26.0. The molecule has 1 aromatic rings. The van der Waals surface area contributed by atoms with Crippen molar-refractivity contribution in [2.45, 2.75) is 51.4 Å². The van der Waals surface area contributed by atoms with Crippen LogP contribution >= 0.6 is 0 Å². The van der Waals surface area contributed by atoms with E-state index in [1.54, 1.807) is 0 Å². The minimum absolute atomic E-state index is 0.252. The standard InChI is InChI=1S/C22H31NO3/c1-3-23(4-2)17-11-12-18-26-21(24)22(25,19-13-7-5-8-14-19)20-15-9-6-10-16-20/h5,7-8,13-14,20,25H,3-4,6,9-10,15-18H2,1-2H3/i1D3,2D3,5D,7D,8D,13D,14D,18D2. The van der Waals surface area contributed by atoms with Crippen LogP contribution in [0.1, 0.15) is 69.2 Å². The lowest BCUT2D eigenvalue weighted by Crippen LogP contribution is -2.45. The van der Waals surface area contributed by atoms with Crippen LogP contribution in [0.3, 0.4) is 0 Å². The Morgan fingerprint density at radius 1 is 1.31 bits per heavy atom. The number of hydrogen-bond acceptors (Lipinski definition) is 4. The minimum Gasteiger partial charge on any atom is -0.450 e. The van der Waals surface area contributed by atoms with Crippen LogP contribution in [0.5, 0.6) is 0 Å². The van der Waals surface area contributed by atoms with Gasteiger partial charge in [0, 0.05) is 14.1 Å². The number of nitrogens with zero attached hydrogens (tertiary/aromatic N) is 1. The molecule has 0 aliphatic heterocycles. The van der Waals surface area contributed by atoms with Crippen molar-refractivity contribution < 1.29 is 32.5 Å². The molecule has 0 spiro atoms. The fourth-order valence-corrected chi connectivity index (χ4v) is 2.94. The topological polar surface area (TPSA) is 49.8 Å². The fourth-order valence-electron chi connectivity index (χ4n) is 2.94. The SMILES string of the molecule is [2H]c1c([2H])c([2H])c(C(O)(C(=O)OC([2H])([2H])C#CCN(CC([2H])([2H])[2H])CC([2H])([2H])[2H])C2CCCCC2)c([2H])c1[2H]. The number of carbonyl (C=O) groups is 1. The third-order valence-electron chi connectivity index (χ3n) is 4.42. The number of benzene rings is 1. The molecule has 1 N–H and O–H groups in total. The van der Waals surface area contributed by atoms with E-state index in [4.69, 9.17) is 22.6 Å². The van der Waals surface area contributed by atoms with Crippen molar-refractivity contribution >= 4 is 5.97 Å². The van der Waals surface area contributed by atoms with E-state index in [-0.39, 0.29) is 12.8 Å². The maximum absolute atomic E-state index is 13.4. The lowest BCUT2D eigenvalue weighted by atomic mass is 9.73. The summed E-state index contributed by atoms with van der Waals surface area (Å²) in [4.78, 5) is 14.4. The predicted molar refractivity (Wildman–Crippen MR) is 103 cm³/mol. The van der Waals surface area contributed by atoms with Crippen molar-refractivity contribution in [1.82, 2.24) is 4.90 Å². The number of ether oxygens (including phenoxy) is 1. The quantitative estimate of drug-likeness (QED) is 0.591. The highest BCUT2D eigenvalue weighted by Crippen LogP contribution is 2.40. The summed E-state index contributed by atoms with van der Waals surface area (Å²) in [6.07, 6.45) is 2.45. The van der Waals surface area contributed by atoms with Crippen molar-refractivity contribution in [1.29, 1.82) is 0 Å². The lowest BCUT2D eigenvalue weighted by molar-refractivity contribution is -0.174. The van der Waals surface area contributed by atoms with Gasteiger partial charge in [-0.2, -0.15) is 0 Å². The first-order chi connectivity index (χ1) is 17.7. The zero-order valence-electron chi connectivity index (χ0n) is 27.4. The highest BCUT2D eigenvalue weighted by molar-refractivity contribution is 5.81. The average molecular weight is 371 g/mol. The van der Waals surface area contributed by atoms with E-state index >= 15 is 0 Å². The molecule has 2 rings (SSSR count). The van der Waals surface area contributed by atoms with E-state index in [9.17, 15) is 9.90 Å². The van der Waals surface area contributed by atoms with E-state index in [1.807, 2.05) is 5.92 Å². The van der Waals surface area contributed by atoms with Gasteiger partial charge in [-0.25, -0.2) is 4.79 Å². The van der Waals surface area contributed by atoms with Gasteiger partial charge in [-0.05, 0) is 31.5 Å². The maximum atomic E-state index is 13.4. The Bertz CT molecular complexity index is 1070. The Morgan fingerprint density at radius 2 is 2.00 bits per heavy atom. The average Bonchev–Trinajstić information content (AvgIpc) is 2.79. The van der Waals surface area contributed by atoms with Crippen LogP contribution in [0.25, 0.3) is 0 Å². The first-order valence-electron chi connectivity index (χ1n) is 15.0. The summed E-state index contributed by atoms with van der Waals surface area (Å²) < 4.78 is 105. The summed E-state index contributed by atoms with van der Waals surface area (Å²) in [5.41, 5.74) is -3.49. The zero-order chi connectivity index (χ0) is 30.0. The summed E-state index contributed by atoms with van der Waals surface area (Å²) in [7, 11) is 0. The molecule has 0 amide bonds. The number of carbonyl (C=O) groups excluding carboxylic acids is 1. The van der Waals surface area contributed by atoms with Crippen molar-refractivity contribution in [3.8, 4) is 11.8 Å². The predicted octanol–water partition coefficient (Wildman–Crippen LogP) is 3.34. The van der Waals surface area contributed by atoms with Crippen molar-refractivity contribution in [3.63, 3.8) is 0 Å². The van der Waals surface area contributed by atoms with E-state index in [1.165, 1.54) is 0 Å². The molecular weight excluding hydrogens is 326 g/mol. The molecule has 4 nitrogen and oxygen atoms in total. The van der Waals surface area contributed by atoms with Crippen LogP contribution in [0.15, 0.2) is 30.2 Å². The summed E-state index contributed by atoms with van der Waals surface area (Å²) in [5, 5.41) is 11.7. The van der Waals surface area contributed by atoms with Crippen LogP contribution < -0.4 is 0 Å². The van der Waals surface area contributed by atoms with E-state index < -0.39 is 93.2 Å². The Hall–Kier alpha value is -1.83. The van der Waals surface area contributed by atoms with Gasteiger partial charge < -0.3 is 9.84 Å². The smallest absolute Gasteiger partial charge is 0.344 e. The number of aliphatic hydroxyl groups is 1. The van der Waals surface area contributed by atoms with Crippen LogP contribution in [0.2, 0.25) is 0 Å². The maximum Gasteiger partial charge on any atom is 0.344 e. The van der Waals surface area contributed by atoms with Gasteiger partial charge >= 0.3 is 5.97 Å². The molecule has 4 heteroatoms. The van der Waals surface area contributed by atoms with Crippen LogP contribution in [0, 0.1) is 17.8 Å². The molecule has 1 aliphatic rings. The van der Waals surface area contributed by atoms with Gasteiger partial charge in [0.15, 0.2) is 12.2 Å². The summed E-state index contributed by atoms with van der Waals surface area (Å²) in [5.74, 6) is 1.76. The van der Waals surface area contributed by atoms with Gasteiger partial charge in [0.1, 0.15) is 0 Å². The number of rotatable bonds is 7. The summed E-state index contributed by atoms with van der Waals surface area (Å²) in [6.45, 7) is -9.85. The van der Waals surface area contributed by atoms with Crippen LogP contribution in [-0.4, -0.2) is 42.2 Å². The van der Waals surface area contributed by atoms with E-state index in [0.717, 1.165) is 11.3 Å². The van der Waals surface area contributed by atoms with E-state index in [0.29, 0.717) is 12.8 Å². The molecule has 1 fully saturated rings. The van der Waals surface area contributed by atoms with Gasteiger partial charge in [-0.3, -0.25) is 4.90 Å². The van der Waals surface area contributed by atoms with Crippen molar-refractivity contribution in [3.05, 3.63) is 35.8 Å². The monoisotopic (exact) mass is 370 g/mol. The second kappa shape index (κ2) is 10.4. The van der Waals surface area contributed by atoms with Gasteiger partial charge in [-0.1, -0.05) is 75.0 Å². The molecule has 26 heavy (non-hydrogen) atoms. The first-order valence-corrected chi connectivity index (χ1v) is 8.45. The fraction of sp³-hybridized carbons (Fsp3) is 0.591. The lowest BCUT2D eigenvalue weighted by Gasteiger charge is -2.36. The molecule has 0 bridgehead atoms. The Kier molecular flexibility index (Phi) is 3.55. The van der Waals surface area contributed by atoms with Gasteiger partial charge in [0.05, 0.1) is 16.1 Å². The van der Waals surface area contributed by atoms with Crippen molar-refractivity contribution in [2.24, 2.45) is 5.92 Å². The Morgan fingerprint density at radius 3 is 2.65 bits per heavy atom. The van der Waals surface area contributed by atoms with Crippen LogP contribution in [0.4, 0.5) is 0 Å². The molecule has 1 saturated carbocycles. The first kappa shape index (κ1) is 8.91. The van der Waals surface area contributed by atoms with Crippen molar-refractivity contribution in [2.75, 3.05) is 26.2 Å². The summed E-state index contributed by atoms with van der Waals surface area (Å²) >= 11 is 0. The molecule has 0 radical (unpaired) electrons. The molecule has 0 heterocycles. The van der Waals surface area contributed by atoms with Gasteiger partial charge in [0.25, 0.3) is 0 Å². The van der Waals surface area contributed by atoms with Gasteiger partial charge in [-0.15, -0.1) is 0 Å². The molecule has 142 valence electrons. The molecular formula is C22H31NO3. The summed E-state index contributed by atoms with van der Waals surface area (Å²) in [6, 6.07) is -3.92. The number of esters is 1. The van der Waals surface area contributed by atoms with E-state index in [2.05, 4.69) is 5.92 Å². The molecule has 1 atom stereocenters. The van der Waals surface area contributed by atoms with Crippen LogP contribution in [-0.2, 0) is 15.1 Å². The third-order valence-corrected chi connectivity index (χ3v) is 4.42. The zero-order valence-corrected chi connectivity index (χ0v) is 14.4. The molecule has 1 aromatic carbocycles. The minimum atomic E-state index is -3.06. The Balaban J connectivity index is 2.43. The Labute approximate surface area is 175 Å².